The Labute approximate surface area is 105 Å². The third-order valence-corrected chi connectivity index (χ3v) is 5.28. The maximum Gasteiger partial charge on any atom is 0.210 e. The number of aliphatic hydroxyl groups excluding tert-OH is 1. The Morgan fingerprint density at radius 1 is 1.24 bits per heavy atom. The average Bonchev–Trinajstić information content (AvgIpc) is 2.39. The van der Waals surface area contributed by atoms with E-state index in [1.807, 2.05) is 30.3 Å². The normalized spacial score (nSPS) is 14.5. The summed E-state index contributed by atoms with van der Waals surface area (Å²) in [6.45, 7) is 3.48. The van der Waals surface area contributed by atoms with Crippen LogP contribution in [0.25, 0.3) is 0 Å². The van der Waals surface area contributed by atoms with E-state index >= 15 is 0 Å². The van der Waals surface area contributed by atoms with Crippen LogP contribution >= 0.6 is 0 Å². The molecule has 0 amide bonds. The highest BCUT2D eigenvalue weighted by Crippen LogP contribution is 2.18. The molecule has 0 heterocycles. The van der Waals surface area contributed by atoms with Crippen molar-refractivity contribution in [2.75, 3.05) is 20.3 Å². The van der Waals surface area contributed by atoms with Crippen molar-refractivity contribution in [3.05, 3.63) is 35.9 Å². The van der Waals surface area contributed by atoms with Crippen molar-refractivity contribution >= 4 is 9.04 Å². The van der Waals surface area contributed by atoms with Gasteiger partial charge in [0.2, 0.25) is 9.04 Å². The Balaban J connectivity index is 2.44. The fourth-order valence-electron chi connectivity index (χ4n) is 1.74. The van der Waals surface area contributed by atoms with E-state index in [0.29, 0.717) is 13.2 Å². The SMILES string of the molecule is CC[SiH](OCCCOC)C(O)c1ccccc1. The topological polar surface area (TPSA) is 38.7 Å². The average molecular weight is 254 g/mol. The fraction of sp³-hybridized carbons (Fsp3) is 0.538. The Morgan fingerprint density at radius 2 is 1.94 bits per heavy atom. The molecule has 2 atom stereocenters. The molecule has 1 aromatic carbocycles. The van der Waals surface area contributed by atoms with Crippen molar-refractivity contribution in [2.45, 2.75) is 25.1 Å². The van der Waals surface area contributed by atoms with Gasteiger partial charge in [0.15, 0.2) is 0 Å². The lowest BCUT2D eigenvalue weighted by molar-refractivity contribution is 0.160. The van der Waals surface area contributed by atoms with E-state index in [9.17, 15) is 5.11 Å². The molecule has 1 N–H and O–H groups in total. The molecule has 0 aliphatic heterocycles. The van der Waals surface area contributed by atoms with Crippen molar-refractivity contribution in [3.63, 3.8) is 0 Å². The summed E-state index contributed by atoms with van der Waals surface area (Å²) in [6, 6.07) is 10.7. The van der Waals surface area contributed by atoms with Crippen LogP contribution in [0.5, 0.6) is 0 Å². The van der Waals surface area contributed by atoms with Gasteiger partial charge < -0.3 is 14.3 Å². The number of hydrogen-bond acceptors (Lipinski definition) is 3. The molecule has 17 heavy (non-hydrogen) atoms. The summed E-state index contributed by atoms with van der Waals surface area (Å²) in [5, 5.41) is 10.2. The van der Waals surface area contributed by atoms with Gasteiger partial charge in [0, 0.05) is 20.3 Å². The van der Waals surface area contributed by atoms with Crippen LogP contribution in [-0.4, -0.2) is 34.5 Å². The lowest BCUT2D eigenvalue weighted by Crippen LogP contribution is -2.27. The van der Waals surface area contributed by atoms with Crippen molar-refractivity contribution in [1.29, 1.82) is 0 Å². The molecule has 0 spiro atoms. The molecule has 0 fully saturated rings. The van der Waals surface area contributed by atoms with Crippen molar-refractivity contribution in [3.8, 4) is 0 Å². The summed E-state index contributed by atoms with van der Waals surface area (Å²) in [6.07, 6.45) is 0.890. The van der Waals surface area contributed by atoms with Crippen LogP contribution in [0.1, 0.15) is 24.6 Å². The van der Waals surface area contributed by atoms with Crippen LogP contribution < -0.4 is 0 Å². The summed E-state index contributed by atoms with van der Waals surface area (Å²) in [7, 11) is 0.112. The molecule has 0 aliphatic rings. The highest BCUT2D eigenvalue weighted by molar-refractivity contribution is 6.52. The quantitative estimate of drug-likeness (QED) is 0.570. The molecule has 0 saturated carbocycles. The van der Waals surface area contributed by atoms with Crippen molar-refractivity contribution in [2.24, 2.45) is 0 Å². The summed E-state index contributed by atoms with van der Waals surface area (Å²) < 4.78 is 10.8. The summed E-state index contributed by atoms with van der Waals surface area (Å²) >= 11 is 0. The fourth-order valence-corrected chi connectivity index (χ4v) is 3.72. The second-order valence-corrected chi connectivity index (χ2v) is 6.88. The Morgan fingerprint density at radius 3 is 2.53 bits per heavy atom. The molecule has 3 nitrogen and oxygen atoms in total. The number of aliphatic hydroxyl groups is 1. The van der Waals surface area contributed by atoms with E-state index in [0.717, 1.165) is 18.0 Å². The second-order valence-electron chi connectivity index (χ2n) is 4.02. The molecule has 0 aromatic heterocycles. The zero-order valence-corrected chi connectivity index (χ0v) is 11.8. The largest absolute Gasteiger partial charge is 0.417 e. The van der Waals surface area contributed by atoms with Crippen LogP contribution in [0.2, 0.25) is 6.04 Å². The van der Waals surface area contributed by atoms with E-state index in [-0.39, 0.29) is 0 Å². The Bertz CT molecular complexity index is 292. The molecule has 1 aromatic rings. The van der Waals surface area contributed by atoms with Crippen LogP contribution in [0, 0.1) is 0 Å². The van der Waals surface area contributed by atoms with Crippen LogP contribution in [0.15, 0.2) is 30.3 Å². The first-order chi connectivity index (χ1) is 8.29. The van der Waals surface area contributed by atoms with Gasteiger partial charge in [-0.15, -0.1) is 0 Å². The number of methoxy groups -OCH3 is 1. The highest BCUT2D eigenvalue weighted by atomic mass is 28.3. The molecular formula is C13H22O3Si. The van der Waals surface area contributed by atoms with Gasteiger partial charge in [-0.3, -0.25) is 0 Å². The third-order valence-electron chi connectivity index (χ3n) is 2.72. The van der Waals surface area contributed by atoms with Crippen LogP contribution in [0.3, 0.4) is 0 Å². The zero-order valence-electron chi connectivity index (χ0n) is 10.6. The summed E-state index contributed by atoms with van der Waals surface area (Å²) in [5.74, 6) is 0. The van der Waals surface area contributed by atoms with Gasteiger partial charge in [-0.05, 0) is 18.0 Å². The van der Waals surface area contributed by atoms with Gasteiger partial charge in [0.25, 0.3) is 0 Å². The van der Waals surface area contributed by atoms with Gasteiger partial charge in [-0.2, -0.15) is 0 Å². The monoisotopic (exact) mass is 254 g/mol. The molecule has 2 unspecified atom stereocenters. The number of ether oxygens (including phenoxy) is 1. The predicted molar refractivity (Wildman–Crippen MR) is 71.5 cm³/mol. The molecule has 0 radical (unpaired) electrons. The van der Waals surface area contributed by atoms with Gasteiger partial charge in [0.1, 0.15) is 0 Å². The first kappa shape index (κ1) is 14.4. The van der Waals surface area contributed by atoms with Crippen molar-refractivity contribution in [1.82, 2.24) is 0 Å². The smallest absolute Gasteiger partial charge is 0.210 e. The lowest BCUT2D eigenvalue weighted by Gasteiger charge is -2.20. The molecule has 96 valence electrons. The van der Waals surface area contributed by atoms with E-state index in [4.69, 9.17) is 9.16 Å². The molecule has 0 aliphatic carbocycles. The van der Waals surface area contributed by atoms with Crippen molar-refractivity contribution < 1.29 is 14.3 Å². The zero-order chi connectivity index (χ0) is 12.5. The second kappa shape index (κ2) is 8.41. The highest BCUT2D eigenvalue weighted by Gasteiger charge is 2.21. The Kier molecular flexibility index (Phi) is 7.12. The maximum absolute atomic E-state index is 10.2. The summed E-state index contributed by atoms with van der Waals surface area (Å²) in [5.41, 5.74) is 0.557. The van der Waals surface area contributed by atoms with Gasteiger partial charge in [-0.25, -0.2) is 0 Å². The number of hydrogen-bond donors (Lipinski definition) is 1. The van der Waals surface area contributed by atoms with E-state index in [2.05, 4.69) is 6.92 Å². The molecule has 0 bridgehead atoms. The molecule has 1 rings (SSSR count). The number of benzene rings is 1. The van der Waals surface area contributed by atoms with Gasteiger partial charge in [0.05, 0.1) is 5.73 Å². The third kappa shape index (κ3) is 5.00. The standard InChI is InChI=1S/C13H22O3Si/c1-3-17(16-11-7-10-15-2)13(14)12-8-5-4-6-9-12/h4-6,8-9,13-14,17H,3,7,10-11H2,1-2H3. The van der Waals surface area contributed by atoms with Gasteiger partial charge >= 0.3 is 0 Å². The molecular weight excluding hydrogens is 232 g/mol. The van der Waals surface area contributed by atoms with E-state index < -0.39 is 14.8 Å². The van der Waals surface area contributed by atoms with Gasteiger partial charge in [-0.1, -0.05) is 37.3 Å². The first-order valence-corrected chi connectivity index (χ1v) is 8.08. The molecule has 4 heteroatoms. The minimum absolute atomic E-state index is 0.413. The molecule has 0 saturated heterocycles. The van der Waals surface area contributed by atoms with E-state index in [1.54, 1.807) is 7.11 Å². The van der Waals surface area contributed by atoms with Crippen LogP contribution in [-0.2, 0) is 9.16 Å². The Hall–Kier alpha value is -0.683. The number of rotatable bonds is 8. The first-order valence-electron chi connectivity index (χ1n) is 6.13. The summed E-state index contributed by atoms with van der Waals surface area (Å²) in [4.78, 5) is 0. The minimum Gasteiger partial charge on any atom is -0.417 e. The lowest BCUT2D eigenvalue weighted by atomic mass is 10.2. The predicted octanol–water partition coefficient (Wildman–Crippen LogP) is 2.06. The maximum atomic E-state index is 10.2. The van der Waals surface area contributed by atoms with E-state index in [1.165, 1.54) is 0 Å². The minimum atomic E-state index is -1.58. The van der Waals surface area contributed by atoms with Crippen LogP contribution in [0.4, 0.5) is 0 Å².